The SMILES string of the molecule is O=C(CNC(=O)C1c2ccccc2C(=O)N1C1CC1)Nc1ccc(Br)cc1F. The highest BCUT2D eigenvalue weighted by molar-refractivity contribution is 9.10. The minimum atomic E-state index is -0.742. The molecular formula is C20H17BrFN3O3. The summed E-state index contributed by atoms with van der Waals surface area (Å²) >= 11 is 3.15. The summed E-state index contributed by atoms with van der Waals surface area (Å²) in [6, 6.07) is 10.6. The van der Waals surface area contributed by atoms with Crippen LogP contribution in [0.4, 0.5) is 10.1 Å². The van der Waals surface area contributed by atoms with Gasteiger partial charge in [-0.1, -0.05) is 34.1 Å². The Bertz CT molecular complexity index is 977. The zero-order chi connectivity index (χ0) is 19.8. The average molecular weight is 446 g/mol. The minimum Gasteiger partial charge on any atom is -0.345 e. The zero-order valence-corrected chi connectivity index (χ0v) is 16.3. The first-order chi connectivity index (χ1) is 13.5. The Balaban J connectivity index is 1.44. The van der Waals surface area contributed by atoms with Crippen LogP contribution in [0.15, 0.2) is 46.9 Å². The molecular weight excluding hydrogens is 429 g/mol. The molecule has 0 radical (unpaired) electrons. The Morgan fingerprint density at radius 3 is 2.64 bits per heavy atom. The third-order valence-electron chi connectivity index (χ3n) is 4.82. The van der Waals surface area contributed by atoms with Crippen LogP contribution in [0.3, 0.4) is 0 Å². The van der Waals surface area contributed by atoms with Gasteiger partial charge in [0.05, 0.1) is 12.2 Å². The van der Waals surface area contributed by atoms with Crippen LogP contribution in [-0.4, -0.2) is 35.2 Å². The molecule has 1 aliphatic heterocycles. The van der Waals surface area contributed by atoms with E-state index in [9.17, 15) is 18.8 Å². The van der Waals surface area contributed by atoms with E-state index in [4.69, 9.17) is 0 Å². The second kappa shape index (κ2) is 7.35. The quantitative estimate of drug-likeness (QED) is 0.742. The van der Waals surface area contributed by atoms with Crippen LogP contribution < -0.4 is 10.6 Å². The highest BCUT2D eigenvalue weighted by atomic mass is 79.9. The van der Waals surface area contributed by atoms with Crippen molar-refractivity contribution < 1.29 is 18.8 Å². The fraction of sp³-hybridized carbons (Fsp3) is 0.250. The van der Waals surface area contributed by atoms with Crippen LogP contribution in [0.1, 0.15) is 34.8 Å². The normalized spacial score (nSPS) is 18.0. The van der Waals surface area contributed by atoms with Crippen molar-refractivity contribution in [3.63, 3.8) is 0 Å². The van der Waals surface area contributed by atoms with Crippen LogP contribution in [0.5, 0.6) is 0 Å². The van der Waals surface area contributed by atoms with Crippen LogP contribution >= 0.6 is 15.9 Å². The molecule has 2 N–H and O–H groups in total. The lowest BCUT2D eigenvalue weighted by molar-refractivity contribution is -0.127. The molecule has 2 aliphatic rings. The smallest absolute Gasteiger partial charge is 0.255 e. The van der Waals surface area contributed by atoms with E-state index in [1.165, 1.54) is 12.1 Å². The summed E-state index contributed by atoms with van der Waals surface area (Å²) in [7, 11) is 0. The molecule has 1 atom stereocenters. The number of halogens is 2. The molecule has 1 aliphatic carbocycles. The van der Waals surface area contributed by atoms with Gasteiger partial charge in [0.1, 0.15) is 11.9 Å². The number of nitrogens with zero attached hydrogens (tertiary/aromatic N) is 1. The van der Waals surface area contributed by atoms with Crippen LogP contribution in [0.2, 0.25) is 0 Å². The minimum absolute atomic E-state index is 0.0310. The van der Waals surface area contributed by atoms with E-state index in [2.05, 4.69) is 26.6 Å². The maximum Gasteiger partial charge on any atom is 0.255 e. The monoisotopic (exact) mass is 445 g/mol. The van der Waals surface area contributed by atoms with Gasteiger partial charge in [0, 0.05) is 16.1 Å². The summed E-state index contributed by atoms with van der Waals surface area (Å²) in [5.41, 5.74) is 1.20. The topological polar surface area (TPSA) is 78.5 Å². The Morgan fingerprint density at radius 1 is 1.18 bits per heavy atom. The summed E-state index contributed by atoms with van der Waals surface area (Å²) < 4.78 is 14.4. The zero-order valence-electron chi connectivity index (χ0n) is 14.7. The van der Waals surface area contributed by atoms with Crippen molar-refractivity contribution in [3.05, 3.63) is 63.9 Å². The number of amides is 3. The van der Waals surface area contributed by atoms with Crippen molar-refractivity contribution >= 4 is 39.3 Å². The summed E-state index contributed by atoms with van der Waals surface area (Å²) in [4.78, 5) is 39.2. The number of carbonyl (C=O) groups excluding carboxylic acids is 3. The lowest BCUT2D eigenvalue weighted by Gasteiger charge is -2.24. The Hall–Kier alpha value is -2.74. The highest BCUT2D eigenvalue weighted by Gasteiger charge is 2.47. The van der Waals surface area contributed by atoms with Crippen molar-refractivity contribution in [1.29, 1.82) is 0 Å². The van der Waals surface area contributed by atoms with Gasteiger partial charge in [-0.2, -0.15) is 0 Å². The molecule has 0 spiro atoms. The number of benzene rings is 2. The number of fused-ring (bicyclic) bond motifs is 1. The van der Waals surface area contributed by atoms with Crippen molar-refractivity contribution in [3.8, 4) is 0 Å². The van der Waals surface area contributed by atoms with Crippen LogP contribution in [0.25, 0.3) is 0 Å². The number of rotatable bonds is 5. The van der Waals surface area contributed by atoms with E-state index < -0.39 is 23.7 Å². The van der Waals surface area contributed by atoms with Crippen LogP contribution in [-0.2, 0) is 9.59 Å². The number of carbonyl (C=O) groups is 3. The summed E-state index contributed by atoms with van der Waals surface area (Å²) in [6.07, 6.45) is 1.74. The highest BCUT2D eigenvalue weighted by Crippen LogP contribution is 2.41. The van der Waals surface area contributed by atoms with E-state index in [-0.39, 0.29) is 24.2 Å². The fourth-order valence-corrected chi connectivity index (χ4v) is 3.72. The second-order valence-corrected chi connectivity index (χ2v) is 7.74. The lowest BCUT2D eigenvalue weighted by Crippen LogP contribution is -2.42. The lowest BCUT2D eigenvalue weighted by atomic mass is 10.0. The van der Waals surface area contributed by atoms with Gasteiger partial charge in [0.2, 0.25) is 11.8 Å². The van der Waals surface area contributed by atoms with Gasteiger partial charge in [0.15, 0.2) is 0 Å². The predicted octanol–water partition coefficient (Wildman–Crippen LogP) is 3.00. The number of hydrogen-bond donors (Lipinski definition) is 2. The molecule has 28 heavy (non-hydrogen) atoms. The summed E-state index contributed by atoms with van der Waals surface area (Å²) in [6.45, 7) is -0.320. The van der Waals surface area contributed by atoms with E-state index in [0.29, 0.717) is 15.6 Å². The van der Waals surface area contributed by atoms with Gasteiger partial charge in [-0.25, -0.2) is 4.39 Å². The van der Waals surface area contributed by atoms with Gasteiger partial charge in [-0.15, -0.1) is 0 Å². The van der Waals surface area contributed by atoms with Gasteiger partial charge in [0.25, 0.3) is 5.91 Å². The number of anilines is 1. The molecule has 0 bridgehead atoms. The first kappa shape index (κ1) is 18.6. The van der Waals surface area contributed by atoms with E-state index in [0.717, 1.165) is 12.8 Å². The molecule has 6 nitrogen and oxygen atoms in total. The van der Waals surface area contributed by atoms with E-state index in [1.54, 1.807) is 35.2 Å². The summed E-state index contributed by atoms with van der Waals surface area (Å²) in [5, 5.41) is 5.00. The molecule has 0 aromatic heterocycles. The van der Waals surface area contributed by atoms with Crippen molar-refractivity contribution in [1.82, 2.24) is 10.2 Å². The van der Waals surface area contributed by atoms with E-state index >= 15 is 0 Å². The maximum absolute atomic E-state index is 13.8. The molecule has 144 valence electrons. The molecule has 1 fully saturated rings. The van der Waals surface area contributed by atoms with Gasteiger partial charge < -0.3 is 15.5 Å². The molecule has 1 unspecified atom stereocenters. The molecule has 2 aromatic rings. The molecule has 4 rings (SSSR count). The Kier molecular flexibility index (Phi) is 4.89. The van der Waals surface area contributed by atoms with Gasteiger partial charge >= 0.3 is 0 Å². The van der Waals surface area contributed by atoms with Crippen molar-refractivity contribution in [2.24, 2.45) is 0 Å². The van der Waals surface area contributed by atoms with Crippen LogP contribution in [0, 0.1) is 5.82 Å². The number of nitrogens with one attached hydrogen (secondary N) is 2. The largest absolute Gasteiger partial charge is 0.345 e. The number of hydrogen-bond acceptors (Lipinski definition) is 3. The third-order valence-corrected chi connectivity index (χ3v) is 5.31. The first-order valence-corrected chi connectivity index (χ1v) is 9.69. The summed E-state index contributed by atoms with van der Waals surface area (Å²) in [5.74, 6) is -1.70. The maximum atomic E-state index is 13.8. The molecule has 1 saturated carbocycles. The predicted molar refractivity (Wildman–Crippen MR) is 104 cm³/mol. The van der Waals surface area contributed by atoms with Gasteiger partial charge in [-0.05, 0) is 42.7 Å². The third kappa shape index (κ3) is 3.52. The molecule has 1 heterocycles. The Morgan fingerprint density at radius 2 is 1.93 bits per heavy atom. The molecule has 3 amide bonds. The first-order valence-electron chi connectivity index (χ1n) is 8.90. The second-order valence-electron chi connectivity index (χ2n) is 6.82. The van der Waals surface area contributed by atoms with Gasteiger partial charge in [-0.3, -0.25) is 14.4 Å². The molecule has 8 heteroatoms. The fourth-order valence-electron chi connectivity index (χ4n) is 3.38. The van der Waals surface area contributed by atoms with E-state index in [1.807, 2.05) is 0 Å². The van der Waals surface area contributed by atoms with Crippen molar-refractivity contribution in [2.75, 3.05) is 11.9 Å². The molecule has 2 aromatic carbocycles. The molecule has 0 saturated heterocycles. The average Bonchev–Trinajstić information content (AvgIpc) is 3.46. The Labute approximate surface area is 169 Å². The van der Waals surface area contributed by atoms with Crippen molar-refractivity contribution in [2.45, 2.75) is 24.9 Å². The standard InChI is InChI=1S/C20H17BrFN3O3/c21-11-5-8-16(15(22)9-11)24-17(26)10-23-19(27)18-13-3-1-2-4-14(13)20(28)25(18)12-6-7-12/h1-5,8-9,12,18H,6-7,10H2,(H,23,27)(H,24,26).